The molecule has 0 atom stereocenters. The summed E-state index contributed by atoms with van der Waals surface area (Å²) in [7, 11) is 0. The maximum atomic E-state index is 12.4. The van der Waals surface area contributed by atoms with Gasteiger partial charge in [-0.1, -0.05) is 26.0 Å². The zero-order valence-corrected chi connectivity index (χ0v) is 16.5. The first-order chi connectivity index (χ1) is 12.3. The van der Waals surface area contributed by atoms with E-state index in [0.717, 1.165) is 22.4 Å². The molecule has 0 aliphatic carbocycles. The Morgan fingerprint density at radius 1 is 1.00 bits per heavy atom. The molecule has 1 aliphatic heterocycles. The summed E-state index contributed by atoms with van der Waals surface area (Å²) in [5.41, 5.74) is 3.24. The first kappa shape index (κ1) is 20.1. The molecule has 0 unspecified atom stereocenters. The molecule has 0 bridgehead atoms. The average Bonchev–Trinajstić information content (AvgIpc) is 2.62. The highest BCUT2D eigenvalue weighted by atomic mass is 16.6. The standard InChI is InChI=1S/C20H30N2O4/c1-14(2)12-26-20(24)22-10-8-21(9-11-22)18(23)13-25-19-16(4)7-6-15(3)17(19)5/h6-7,14H,8-13H2,1-5H3. The minimum atomic E-state index is -0.298. The SMILES string of the molecule is Cc1ccc(C)c(OCC(=O)N2CCN(C(=O)OCC(C)C)CC2)c1C. The van der Waals surface area contributed by atoms with Crippen molar-refractivity contribution in [3.05, 3.63) is 28.8 Å². The van der Waals surface area contributed by atoms with Crippen LogP contribution < -0.4 is 4.74 Å². The van der Waals surface area contributed by atoms with Gasteiger partial charge in [-0.25, -0.2) is 4.79 Å². The van der Waals surface area contributed by atoms with Crippen LogP contribution in [0.1, 0.15) is 30.5 Å². The van der Waals surface area contributed by atoms with E-state index in [4.69, 9.17) is 9.47 Å². The van der Waals surface area contributed by atoms with Crippen molar-refractivity contribution in [1.29, 1.82) is 0 Å². The van der Waals surface area contributed by atoms with Crippen LogP contribution in [0.25, 0.3) is 0 Å². The van der Waals surface area contributed by atoms with Gasteiger partial charge in [-0.15, -0.1) is 0 Å². The van der Waals surface area contributed by atoms with E-state index in [9.17, 15) is 9.59 Å². The van der Waals surface area contributed by atoms with Crippen LogP contribution in [0.2, 0.25) is 0 Å². The number of benzene rings is 1. The number of amides is 2. The van der Waals surface area contributed by atoms with E-state index in [1.807, 2.05) is 40.7 Å². The van der Waals surface area contributed by atoms with Crippen molar-refractivity contribution in [3.63, 3.8) is 0 Å². The molecule has 0 saturated carbocycles. The smallest absolute Gasteiger partial charge is 0.409 e. The van der Waals surface area contributed by atoms with Gasteiger partial charge in [-0.2, -0.15) is 0 Å². The molecule has 26 heavy (non-hydrogen) atoms. The Kier molecular flexibility index (Phi) is 6.89. The second-order valence-corrected chi connectivity index (χ2v) is 7.28. The van der Waals surface area contributed by atoms with Crippen molar-refractivity contribution >= 4 is 12.0 Å². The van der Waals surface area contributed by atoms with Crippen molar-refractivity contribution in [1.82, 2.24) is 9.80 Å². The number of hydrogen-bond acceptors (Lipinski definition) is 4. The fraction of sp³-hybridized carbons (Fsp3) is 0.600. The molecule has 0 radical (unpaired) electrons. The fourth-order valence-electron chi connectivity index (χ4n) is 2.84. The lowest BCUT2D eigenvalue weighted by molar-refractivity contribution is -0.135. The zero-order valence-electron chi connectivity index (χ0n) is 16.5. The van der Waals surface area contributed by atoms with Crippen LogP contribution in [-0.4, -0.2) is 61.2 Å². The summed E-state index contributed by atoms with van der Waals surface area (Å²) in [4.78, 5) is 27.8. The largest absolute Gasteiger partial charge is 0.483 e. The van der Waals surface area contributed by atoms with Crippen LogP contribution in [0, 0.1) is 26.7 Å². The van der Waals surface area contributed by atoms with E-state index in [1.54, 1.807) is 9.80 Å². The summed E-state index contributed by atoms with van der Waals surface area (Å²) in [5.74, 6) is 1.04. The van der Waals surface area contributed by atoms with Crippen molar-refractivity contribution in [3.8, 4) is 5.75 Å². The molecular weight excluding hydrogens is 332 g/mol. The lowest BCUT2D eigenvalue weighted by Crippen LogP contribution is -2.51. The maximum absolute atomic E-state index is 12.4. The number of rotatable bonds is 5. The first-order valence-corrected chi connectivity index (χ1v) is 9.18. The lowest BCUT2D eigenvalue weighted by Gasteiger charge is -2.34. The highest BCUT2D eigenvalue weighted by Crippen LogP contribution is 2.25. The van der Waals surface area contributed by atoms with Gasteiger partial charge in [0, 0.05) is 26.2 Å². The average molecular weight is 362 g/mol. The van der Waals surface area contributed by atoms with Gasteiger partial charge in [0.15, 0.2) is 6.61 Å². The van der Waals surface area contributed by atoms with E-state index in [-0.39, 0.29) is 18.6 Å². The zero-order chi connectivity index (χ0) is 19.3. The van der Waals surface area contributed by atoms with Gasteiger partial charge in [-0.3, -0.25) is 4.79 Å². The molecule has 1 aromatic rings. The van der Waals surface area contributed by atoms with Crippen LogP contribution in [0.3, 0.4) is 0 Å². The molecule has 0 spiro atoms. The van der Waals surface area contributed by atoms with Crippen LogP contribution >= 0.6 is 0 Å². The van der Waals surface area contributed by atoms with Crippen molar-refractivity contribution in [2.45, 2.75) is 34.6 Å². The molecule has 6 heteroatoms. The molecule has 6 nitrogen and oxygen atoms in total. The van der Waals surface area contributed by atoms with Crippen LogP contribution in [0.5, 0.6) is 5.75 Å². The van der Waals surface area contributed by atoms with E-state index < -0.39 is 0 Å². The van der Waals surface area contributed by atoms with Gasteiger partial charge >= 0.3 is 6.09 Å². The molecule has 1 heterocycles. The second kappa shape index (κ2) is 8.92. The summed E-state index contributed by atoms with van der Waals surface area (Å²) in [6, 6.07) is 4.06. The van der Waals surface area contributed by atoms with E-state index in [0.29, 0.717) is 38.7 Å². The topological polar surface area (TPSA) is 59.1 Å². The predicted molar refractivity (Wildman–Crippen MR) is 100 cm³/mol. The van der Waals surface area contributed by atoms with Crippen LogP contribution in [0.4, 0.5) is 4.79 Å². The van der Waals surface area contributed by atoms with Crippen molar-refractivity contribution in [2.75, 3.05) is 39.4 Å². The Bertz CT molecular complexity index is 649. The van der Waals surface area contributed by atoms with Gasteiger partial charge < -0.3 is 19.3 Å². The summed E-state index contributed by atoms with van der Waals surface area (Å²) in [6.07, 6.45) is -0.298. The number of nitrogens with zero attached hydrogens (tertiary/aromatic N) is 2. The molecule has 144 valence electrons. The van der Waals surface area contributed by atoms with Crippen molar-refractivity contribution in [2.24, 2.45) is 5.92 Å². The molecule has 1 aliphatic rings. The Morgan fingerprint density at radius 3 is 2.19 bits per heavy atom. The molecule has 1 saturated heterocycles. The van der Waals surface area contributed by atoms with Gasteiger partial charge in [0.2, 0.25) is 0 Å². The lowest BCUT2D eigenvalue weighted by atomic mass is 10.1. The second-order valence-electron chi connectivity index (χ2n) is 7.28. The number of hydrogen-bond donors (Lipinski definition) is 0. The Balaban J connectivity index is 1.82. The summed E-state index contributed by atoms with van der Waals surface area (Å²) < 4.78 is 11.0. The molecule has 2 amide bonds. The summed E-state index contributed by atoms with van der Waals surface area (Å²) >= 11 is 0. The molecular formula is C20H30N2O4. The summed E-state index contributed by atoms with van der Waals surface area (Å²) in [6.45, 7) is 12.4. The third kappa shape index (κ3) is 5.13. The molecule has 2 rings (SSSR count). The number of aryl methyl sites for hydroxylation is 2. The number of piperazine rings is 1. The number of carbonyl (C=O) groups excluding carboxylic acids is 2. The third-order valence-electron chi connectivity index (χ3n) is 4.64. The number of ether oxygens (including phenoxy) is 2. The fourth-order valence-corrected chi connectivity index (χ4v) is 2.84. The van der Waals surface area contributed by atoms with Crippen LogP contribution in [0.15, 0.2) is 12.1 Å². The number of carbonyl (C=O) groups is 2. The van der Waals surface area contributed by atoms with Gasteiger partial charge in [-0.05, 0) is 43.4 Å². The molecule has 0 N–H and O–H groups in total. The highest BCUT2D eigenvalue weighted by Gasteiger charge is 2.25. The first-order valence-electron chi connectivity index (χ1n) is 9.18. The Hall–Kier alpha value is -2.24. The highest BCUT2D eigenvalue weighted by molar-refractivity contribution is 5.78. The van der Waals surface area contributed by atoms with Gasteiger partial charge in [0.05, 0.1) is 6.61 Å². The van der Waals surface area contributed by atoms with Crippen molar-refractivity contribution < 1.29 is 19.1 Å². The third-order valence-corrected chi connectivity index (χ3v) is 4.64. The summed E-state index contributed by atoms with van der Waals surface area (Å²) in [5, 5.41) is 0. The Morgan fingerprint density at radius 2 is 1.58 bits per heavy atom. The maximum Gasteiger partial charge on any atom is 0.409 e. The minimum absolute atomic E-state index is 0.0168. The molecule has 0 aromatic heterocycles. The molecule has 1 aromatic carbocycles. The monoisotopic (exact) mass is 362 g/mol. The van der Waals surface area contributed by atoms with E-state index in [2.05, 4.69) is 6.07 Å². The van der Waals surface area contributed by atoms with Crippen LogP contribution in [-0.2, 0) is 9.53 Å². The van der Waals surface area contributed by atoms with Gasteiger partial charge in [0.25, 0.3) is 5.91 Å². The van der Waals surface area contributed by atoms with E-state index in [1.165, 1.54) is 0 Å². The Labute approximate surface area is 156 Å². The van der Waals surface area contributed by atoms with E-state index >= 15 is 0 Å². The van der Waals surface area contributed by atoms with Gasteiger partial charge in [0.1, 0.15) is 5.75 Å². The predicted octanol–water partition coefficient (Wildman–Crippen LogP) is 2.93. The normalized spacial score (nSPS) is 14.5. The quantitative estimate of drug-likeness (QED) is 0.808. The molecule has 1 fully saturated rings. The minimum Gasteiger partial charge on any atom is -0.483 e.